The third-order valence-corrected chi connectivity index (χ3v) is 7.62. The Labute approximate surface area is 244 Å². The van der Waals surface area contributed by atoms with Crippen LogP contribution in [-0.4, -0.2) is 103 Å². The van der Waals surface area contributed by atoms with Gasteiger partial charge in [0, 0.05) is 18.1 Å². The van der Waals surface area contributed by atoms with E-state index in [1.807, 2.05) is 0 Å². The molecule has 7 N–H and O–H groups in total. The van der Waals surface area contributed by atoms with Gasteiger partial charge in [0.1, 0.15) is 52.3 Å². The van der Waals surface area contributed by atoms with Gasteiger partial charge in [-0.1, -0.05) is 18.2 Å². The molecule has 0 amide bonds. The van der Waals surface area contributed by atoms with Crippen molar-refractivity contribution in [2.75, 3.05) is 13.2 Å². The number of aliphatic hydroxyl groups is 4. The molecular formula is C29H30O14. The van der Waals surface area contributed by atoms with Crippen LogP contribution in [0.15, 0.2) is 60.9 Å². The molecule has 0 saturated carbocycles. The molecule has 2 saturated heterocycles. The lowest BCUT2D eigenvalue weighted by Crippen LogP contribution is -2.62. The van der Waals surface area contributed by atoms with Gasteiger partial charge in [-0.05, 0) is 23.8 Å². The number of benzene rings is 2. The number of cyclic esters (lactones) is 1. The number of phenolic OH excluding ortho intramolecular Hbond substituents is 3. The minimum atomic E-state index is -1.90. The number of hydrogen-bond donors (Lipinski definition) is 7. The highest BCUT2D eigenvalue weighted by atomic mass is 16.8. The van der Waals surface area contributed by atoms with Crippen LogP contribution < -0.4 is 0 Å². The van der Waals surface area contributed by atoms with E-state index >= 15 is 0 Å². The lowest BCUT2D eigenvalue weighted by molar-refractivity contribution is -0.343. The molecule has 14 heteroatoms. The summed E-state index contributed by atoms with van der Waals surface area (Å²) in [4.78, 5) is 25.8. The Balaban J connectivity index is 1.48. The molecular weight excluding hydrogens is 572 g/mol. The fourth-order valence-corrected chi connectivity index (χ4v) is 5.39. The first kappa shape index (κ1) is 30.3. The zero-order chi connectivity index (χ0) is 31.1. The van der Waals surface area contributed by atoms with Crippen LogP contribution >= 0.6 is 0 Å². The summed E-state index contributed by atoms with van der Waals surface area (Å²) >= 11 is 0. The van der Waals surface area contributed by atoms with E-state index < -0.39 is 84.1 Å². The van der Waals surface area contributed by atoms with E-state index in [9.17, 15) is 45.3 Å². The number of ether oxygens (including phenoxy) is 5. The van der Waals surface area contributed by atoms with E-state index in [1.165, 1.54) is 30.3 Å². The first-order chi connectivity index (χ1) is 20.5. The van der Waals surface area contributed by atoms with E-state index in [0.29, 0.717) is 0 Å². The molecule has 8 atom stereocenters. The van der Waals surface area contributed by atoms with Crippen LogP contribution in [0.25, 0.3) is 11.1 Å². The van der Waals surface area contributed by atoms with Crippen LogP contribution in [0, 0.1) is 5.92 Å². The minimum absolute atomic E-state index is 0.0209. The van der Waals surface area contributed by atoms with Gasteiger partial charge in [0.15, 0.2) is 6.10 Å². The molecule has 3 aliphatic heterocycles. The van der Waals surface area contributed by atoms with Gasteiger partial charge in [-0.2, -0.15) is 0 Å². The molecule has 230 valence electrons. The fourth-order valence-electron chi connectivity index (χ4n) is 5.39. The topological polar surface area (TPSA) is 222 Å². The van der Waals surface area contributed by atoms with Gasteiger partial charge in [-0.25, -0.2) is 9.59 Å². The van der Waals surface area contributed by atoms with Crippen LogP contribution in [0.1, 0.15) is 16.8 Å². The Morgan fingerprint density at radius 1 is 1.09 bits per heavy atom. The maximum Gasteiger partial charge on any atom is 0.343 e. The summed E-state index contributed by atoms with van der Waals surface area (Å²) in [7, 11) is 0. The van der Waals surface area contributed by atoms with E-state index in [1.54, 1.807) is 0 Å². The van der Waals surface area contributed by atoms with E-state index in [-0.39, 0.29) is 35.5 Å². The molecule has 0 aliphatic carbocycles. The van der Waals surface area contributed by atoms with Crippen molar-refractivity contribution < 1.29 is 69.0 Å². The standard InChI is InChI=1S/C29H30O14/c1-2-17-27(40-12-18-25(36)39-7-6-29(17,18)38)43-28-24(23(35)22(34)20(11-30)41-28)42-26(37)21-16(9-15(32)10-19(21)33)13-4-3-5-14(31)8-13/h2-5,8-10,12,17,20,22-24,27-28,30-35,38H,1,6-7,11H2/t17-,20-,22-,23+,24-,27+,28-,29-/m1/s1. The SMILES string of the molecule is C=C[C@@H]1[C@H](O[C@H]2O[C@H](CO)[C@@H](O)[C@H](O)[C@H]2OC(=O)c2c(O)cc(O)cc2-c2cccc(O)c2)OC=C2C(=O)OCC[C@]21O. The molecule has 0 unspecified atom stereocenters. The second-order valence-corrected chi connectivity index (χ2v) is 10.3. The molecule has 43 heavy (non-hydrogen) atoms. The molecule has 5 rings (SSSR count). The summed E-state index contributed by atoms with van der Waals surface area (Å²) < 4.78 is 27.6. The molecule has 0 bridgehead atoms. The van der Waals surface area contributed by atoms with Crippen LogP contribution in [0.3, 0.4) is 0 Å². The number of carbonyl (C=O) groups excluding carboxylic acids is 2. The van der Waals surface area contributed by atoms with Gasteiger partial charge in [-0.3, -0.25) is 0 Å². The zero-order valence-electron chi connectivity index (χ0n) is 22.5. The molecule has 3 heterocycles. The van der Waals surface area contributed by atoms with Crippen molar-refractivity contribution in [1.29, 1.82) is 0 Å². The van der Waals surface area contributed by atoms with Crippen LogP contribution in [0.5, 0.6) is 17.2 Å². The summed E-state index contributed by atoms with van der Waals surface area (Å²) in [5.41, 5.74) is -2.25. The Morgan fingerprint density at radius 3 is 2.56 bits per heavy atom. The van der Waals surface area contributed by atoms with Crippen molar-refractivity contribution >= 4 is 11.9 Å². The number of aliphatic hydroxyl groups excluding tert-OH is 3. The highest BCUT2D eigenvalue weighted by Crippen LogP contribution is 2.43. The molecule has 0 aromatic heterocycles. The fraction of sp³-hybridized carbons (Fsp3) is 0.379. The number of hydrogen-bond acceptors (Lipinski definition) is 14. The average molecular weight is 603 g/mol. The Kier molecular flexibility index (Phi) is 8.34. The van der Waals surface area contributed by atoms with Crippen molar-refractivity contribution in [1.82, 2.24) is 0 Å². The first-order valence-corrected chi connectivity index (χ1v) is 13.2. The molecule has 0 radical (unpaired) electrons. The van der Waals surface area contributed by atoms with Crippen LogP contribution in [0.2, 0.25) is 0 Å². The second-order valence-electron chi connectivity index (χ2n) is 10.3. The normalized spacial score (nSPS) is 32.0. The number of fused-ring (bicyclic) bond motifs is 1. The number of carbonyl (C=O) groups is 2. The van der Waals surface area contributed by atoms with Gasteiger partial charge < -0.3 is 59.4 Å². The number of rotatable bonds is 7. The predicted octanol–water partition coefficient (Wildman–Crippen LogP) is 0.172. The summed E-state index contributed by atoms with van der Waals surface area (Å²) in [5.74, 6) is -4.40. The summed E-state index contributed by atoms with van der Waals surface area (Å²) in [5, 5.41) is 73.2. The quantitative estimate of drug-likeness (QED) is 0.166. The first-order valence-electron chi connectivity index (χ1n) is 13.2. The lowest BCUT2D eigenvalue weighted by atomic mass is 9.76. The summed E-state index contributed by atoms with van der Waals surface area (Å²) in [6.07, 6.45) is -7.79. The van der Waals surface area contributed by atoms with Gasteiger partial charge in [-0.15, -0.1) is 6.58 Å². The Hall–Kier alpha value is -4.18. The van der Waals surface area contributed by atoms with Crippen molar-refractivity contribution in [2.24, 2.45) is 5.92 Å². The molecule has 2 aromatic carbocycles. The molecule has 3 aliphatic rings. The highest BCUT2D eigenvalue weighted by molar-refractivity contribution is 6.00. The molecule has 2 aromatic rings. The molecule has 2 fully saturated rings. The number of phenols is 3. The van der Waals surface area contributed by atoms with Crippen molar-refractivity contribution in [2.45, 2.75) is 49.0 Å². The van der Waals surface area contributed by atoms with Crippen molar-refractivity contribution in [3.63, 3.8) is 0 Å². The maximum absolute atomic E-state index is 13.5. The highest BCUT2D eigenvalue weighted by Gasteiger charge is 2.55. The third kappa shape index (κ3) is 5.51. The monoisotopic (exact) mass is 602 g/mol. The number of aromatic hydroxyl groups is 3. The van der Waals surface area contributed by atoms with Gasteiger partial charge in [0.2, 0.25) is 12.6 Å². The third-order valence-electron chi connectivity index (χ3n) is 7.62. The number of esters is 2. The zero-order valence-corrected chi connectivity index (χ0v) is 22.5. The predicted molar refractivity (Wildman–Crippen MR) is 142 cm³/mol. The second kappa shape index (κ2) is 11.8. The Bertz CT molecular complexity index is 1440. The summed E-state index contributed by atoms with van der Waals surface area (Å²) in [6.45, 7) is 2.83. The molecule has 0 spiro atoms. The summed E-state index contributed by atoms with van der Waals surface area (Å²) in [6, 6.07) is 7.63. The van der Waals surface area contributed by atoms with E-state index in [2.05, 4.69) is 6.58 Å². The maximum atomic E-state index is 13.5. The largest absolute Gasteiger partial charge is 0.508 e. The van der Waals surface area contributed by atoms with E-state index in [0.717, 1.165) is 18.4 Å². The van der Waals surface area contributed by atoms with Crippen molar-refractivity contribution in [3.8, 4) is 28.4 Å². The van der Waals surface area contributed by atoms with Gasteiger partial charge in [0.25, 0.3) is 0 Å². The minimum Gasteiger partial charge on any atom is -0.508 e. The Morgan fingerprint density at radius 2 is 1.86 bits per heavy atom. The van der Waals surface area contributed by atoms with Crippen molar-refractivity contribution in [3.05, 3.63) is 66.5 Å². The van der Waals surface area contributed by atoms with Crippen LogP contribution in [-0.2, 0) is 28.5 Å². The van der Waals surface area contributed by atoms with Crippen LogP contribution in [0.4, 0.5) is 0 Å². The lowest BCUT2D eigenvalue weighted by Gasteiger charge is -2.47. The smallest absolute Gasteiger partial charge is 0.343 e. The van der Waals surface area contributed by atoms with E-state index in [4.69, 9.17) is 23.7 Å². The molecule has 14 nitrogen and oxygen atoms in total. The van der Waals surface area contributed by atoms with Gasteiger partial charge >= 0.3 is 11.9 Å². The average Bonchev–Trinajstić information content (AvgIpc) is 2.96. The van der Waals surface area contributed by atoms with Gasteiger partial charge in [0.05, 0.1) is 25.4 Å².